The molecule has 0 fully saturated rings. The molecule has 1 aromatic rings. The monoisotopic (exact) mass is 298 g/mol. The Kier molecular flexibility index (Phi) is 4.87. The number of hydrogen-bond donors (Lipinski definition) is 0. The number of rotatable bonds is 3. The molecule has 0 aliphatic carbocycles. The molecule has 0 aliphatic rings. The summed E-state index contributed by atoms with van der Waals surface area (Å²) >= 11 is 0. The highest BCUT2D eigenvalue weighted by molar-refractivity contribution is 8.13. The number of hydrogen-bond acceptors (Lipinski definition) is 5. The van der Waals surface area contributed by atoms with Gasteiger partial charge in [0, 0.05) is 41.2 Å². The molecular weight excluding hydrogens is 292 g/mol. The van der Waals surface area contributed by atoms with Crippen molar-refractivity contribution < 1.29 is 13.3 Å². The van der Waals surface area contributed by atoms with Crippen molar-refractivity contribution in [3.8, 4) is 17.9 Å². The molecule has 8 heteroatoms. The second-order valence-corrected chi connectivity index (χ2v) is 5.94. The number of nitro benzene ring substituents is 1. The van der Waals surface area contributed by atoms with Gasteiger partial charge >= 0.3 is 0 Å². The van der Waals surface area contributed by atoms with Crippen molar-refractivity contribution in [2.45, 2.75) is 17.7 Å². The van der Waals surface area contributed by atoms with Gasteiger partial charge in [0.1, 0.15) is 0 Å². The van der Waals surface area contributed by atoms with Crippen molar-refractivity contribution in [1.29, 1.82) is 5.26 Å². The number of unbranched alkanes of at least 4 members (excludes halogenated alkanes) is 1. The second-order valence-electron chi connectivity index (χ2n) is 3.37. The fourth-order valence-corrected chi connectivity index (χ4v) is 1.98. The Labute approximate surface area is 114 Å². The summed E-state index contributed by atoms with van der Waals surface area (Å²) in [5.41, 5.74) is -0.252. The van der Waals surface area contributed by atoms with Gasteiger partial charge in [-0.1, -0.05) is 11.8 Å². The van der Waals surface area contributed by atoms with E-state index in [4.69, 9.17) is 15.9 Å². The Bertz CT molecular complexity index is 710. The average Bonchev–Trinajstić information content (AvgIpc) is 2.33. The highest BCUT2D eigenvalue weighted by atomic mass is 35.7. The largest absolute Gasteiger partial charge is 0.272 e. The molecule has 0 radical (unpaired) electrons. The molecule has 0 aliphatic heterocycles. The Morgan fingerprint density at radius 3 is 2.53 bits per heavy atom. The molecule has 6 nitrogen and oxygen atoms in total. The van der Waals surface area contributed by atoms with Crippen LogP contribution in [0.25, 0.3) is 0 Å². The summed E-state index contributed by atoms with van der Waals surface area (Å²) in [4.78, 5) is 9.57. The number of nitro groups is 1. The van der Waals surface area contributed by atoms with Crippen molar-refractivity contribution in [2.75, 3.05) is 0 Å². The van der Waals surface area contributed by atoms with Crippen LogP contribution in [0.1, 0.15) is 18.4 Å². The molecule has 0 heterocycles. The normalized spacial score (nSPS) is 10.1. The van der Waals surface area contributed by atoms with Gasteiger partial charge in [-0.15, -0.1) is 0 Å². The van der Waals surface area contributed by atoms with Crippen molar-refractivity contribution in [2.24, 2.45) is 0 Å². The smallest absolute Gasteiger partial charge is 0.258 e. The molecule has 0 saturated heterocycles. The molecule has 1 rings (SSSR count). The molecule has 98 valence electrons. The maximum Gasteiger partial charge on any atom is 0.272 e. The lowest BCUT2D eigenvalue weighted by atomic mass is 10.2. The number of benzene rings is 1. The van der Waals surface area contributed by atoms with Gasteiger partial charge in [0.15, 0.2) is 0 Å². The fourth-order valence-electron chi connectivity index (χ4n) is 1.18. The maximum absolute atomic E-state index is 11.2. The molecule has 0 N–H and O–H groups in total. The van der Waals surface area contributed by atoms with E-state index >= 15 is 0 Å². The van der Waals surface area contributed by atoms with E-state index in [9.17, 15) is 18.5 Å². The fraction of sp³-hybridized carbons (Fsp3) is 0.182. The van der Waals surface area contributed by atoms with Crippen LogP contribution < -0.4 is 0 Å². The highest BCUT2D eigenvalue weighted by Gasteiger charge is 2.16. The van der Waals surface area contributed by atoms with Crippen LogP contribution in [0.2, 0.25) is 0 Å². The summed E-state index contributed by atoms with van der Waals surface area (Å²) in [6.07, 6.45) is 0.519. The maximum atomic E-state index is 11.2. The SMILES string of the molecule is N#CCCC#Cc1cc([N+](=O)[O-])cc(S(=O)(=O)Cl)c1. The molecule has 19 heavy (non-hydrogen) atoms. The third-order valence-corrected chi connectivity index (χ3v) is 3.31. The van der Waals surface area contributed by atoms with E-state index in [0.29, 0.717) is 6.42 Å². The zero-order chi connectivity index (χ0) is 14.5. The van der Waals surface area contributed by atoms with E-state index in [0.717, 1.165) is 18.2 Å². The zero-order valence-corrected chi connectivity index (χ0v) is 11.0. The zero-order valence-electron chi connectivity index (χ0n) is 9.46. The minimum Gasteiger partial charge on any atom is -0.258 e. The third-order valence-electron chi connectivity index (χ3n) is 1.98. The number of nitrogens with zero attached hydrogens (tertiary/aromatic N) is 2. The number of halogens is 1. The quantitative estimate of drug-likeness (QED) is 0.280. The molecule has 0 saturated carbocycles. The molecular formula is C11H7ClN2O4S. The van der Waals surface area contributed by atoms with Gasteiger partial charge in [0.2, 0.25) is 0 Å². The van der Waals surface area contributed by atoms with Gasteiger partial charge < -0.3 is 0 Å². The van der Waals surface area contributed by atoms with Gasteiger partial charge in [-0.25, -0.2) is 8.42 Å². The van der Waals surface area contributed by atoms with Crippen LogP contribution in [-0.4, -0.2) is 13.3 Å². The van der Waals surface area contributed by atoms with Gasteiger partial charge in [-0.3, -0.25) is 10.1 Å². The summed E-state index contributed by atoms with van der Waals surface area (Å²) < 4.78 is 22.4. The predicted octanol–water partition coefficient (Wildman–Crippen LogP) is 2.18. The van der Waals surface area contributed by atoms with Crippen LogP contribution in [0, 0.1) is 33.3 Å². The van der Waals surface area contributed by atoms with Gasteiger partial charge in [0.25, 0.3) is 14.7 Å². The van der Waals surface area contributed by atoms with Gasteiger partial charge in [-0.05, 0) is 6.07 Å². The molecule has 0 amide bonds. The summed E-state index contributed by atoms with van der Waals surface area (Å²) in [5, 5.41) is 19.0. The second kappa shape index (κ2) is 6.19. The predicted molar refractivity (Wildman–Crippen MR) is 67.9 cm³/mol. The van der Waals surface area contributed by atoms with Crippen molar-refractivity contribution in [1.82, 2.24) is 0 Å². The Morgan fingerprint density at radius 2 is 2.00 bits per heavy atom. The molecule has 0 unspecified atom stereocenters. The van der Waals surface area contributed by atoms with Crippen LogP contribution in [0.5, 0.6) is 0 Å². The first-order chi connectivity index (χ1) is 8.84. The Balaban J connectivity index is 3.25. The summed E-state index contributed by atoms with van der Waals surface area (Å²) in [7, 11) is 1.08. The number of nitriles is 1. The first kappa shape index (κ1) is 15.0. The van der Waals surface area contributed by atoms with E-state index in [-0.39, 0.29) is 16.9 Å². The van der Waals surface area contributed by atoms with Crippen LogP contribution in [0.3, 0.4) is 0 Å². The Hall–Kier alpha value is -2.09. The van der Waals surface area contributed by atoms with E-state index in [1.165, 1.54) is 0 Å². The van der Waals surface area contributed by atoms with Crippen LogP contribution >= 0.6 is 10.7 Å². The lowest BCUT2D eigenvalue weighted by molar-refractivity contribution is -0.385. The standard InChI is InChI=1S/C11H7ClN2O4S/c12-19(17,18)11-7-9(4-2-1-3-5-13)6-10(8-11)14(15)16/h6-8H,1,3H2. The van der Waals surface area contributed by atoms with Crippen LogP contribution in [0.4, 0.5) is 5.69 Å². The third kappa shape index (κ3) is 4.59. The average molecular weight is 299 g/mol. The minimum absolute atomic E-state index is 0.159. The van der Waals surface area contributed by atoms with E-state index in [1.54, 1.807) is 0 Å². The lowest BCUT2D eigenvalue weighted by Crippen LogP contribution is -1.95. The van der Waals surface area contributed by atoms with Gasteiger partial charge in [-0.2, -0.15) is 5.26 Å². The Morgan fingerprint density at radius 1 is 1.32 bits per heavy atom. The number of non-ortho nitro benzene ring substituents is 1. The lowest BCUT2D eigenvalue weighted by Gasteiger charge is -1.98. The summed E-state index contributed by atoms with van der Waals surface area (Å²) in [5.74, 6) is 5.17. The summed E-state index contributed by atoms with van der Waals surface area (Å²) in [6.45, 7) is 0. The molecule has 0 atom stereocenters. The van der Waals surface area contributed by atoms with Crippen molar-refractivity contribution >= 4 is 25.4 Å². The molecule has 0 bridgehead atoms. The molecule has 1 aromatic carbocycles. The van der Waals surface area contributed by atoms with Crippen molar-refractivity contribution in [3.05, 3.63) is 33.9 Å². The topological polar surface area (TPSA) is 101 Å². The van der Waals surface area contributed by atoms with E-state index in [2.05, 4.69) is 11.8 Å². The van der Waals surface area contributed by atoms with Gasteiger partial charge in [0.05, 0.1) is 15.9 Å². The van der Waals surface area contributed by atoms with E-state index in [1.807, 2.05) is 6.07 Å². The van der Waals surface area contributed by atoms with E-state index < -0.39 is 19.7 Å². The molecule has 0 spiro atoms. The first-order valence-corrected chi connectivity index (χ1v) is 7.25. The summed E-state index contributed by atoms with van der Waals surface area (Å²) in [6, 6.07) is 5.05. The highest BCUT2D eigenvalue weighted by Crippen LogP contribution is 2.23. The minimum atomic E-state index is -4.07. The van der Waals surface area contributed by atoms with Crippen LogP contribution in [-0.2, 0) is 9.05 Å². The van der Waals surface area contributed by atoms with Crippen LogP contribution in [0.15, 0.2) is 23.1 Å². The first-order valence-electron chi connectivity index (χ1n) is 4.94. The molecule has 0 aromatic heterocycles. The van der Waals surface area contributed by atoms with Crippen molar-refractivity contribution in [3.63, 3.8) is 0 Å².